The van der Waals surface area contributed by atoms with Gasteiger partial charge in [-0.25, -0.2) is 0 Å². The highest BCUT2D eigenvalue weighted by atomic mass is 32.1. The monoisotopic (exact) mass is 416 g/mol. The lowest BCUT2D eigenvalue weighted by Gasteiger charge is -2.39. The summed E-state index contributed by atoms with van der Waals surface area (Å²) in [6.07, 6.45) is -6.41. The zero-order valence-corrected chi connectivity index (χ0v) is 17.2. The van der Waals surface area contributed by atoms with Crippen LogP contribution in [0, 0.1) is 5.41 Å². The summed E-state index contributed by atoms with van der Waals surface area (Å²) in [5.41, 5.74) is -0.345. The molecular formula is C16H32O8S2. The Morgan fingerprint density at radius 2 is 1.58 bits per heavy atom. The number of rotatable bonds is 10. The highest BCUT2D eigenvalue weighted by molar-refractivity contribution is 7.85. The summed E-state index contributed by atoms with van der Waals surface area (Å²) in [6.45, 7) is 6.69. The lowest BCUT2D eigenvalue weighted by atomic mass is 9.92. The zero-order chi connectivity index (χ0) is 19.9. The third-order valence-corrected chi connectivity index (χ3v) is 5.76. The maximum absolute atomic E-state index is 9.82. The first-order chi connectivity index (χ1) is 12.1. The first kappa shape index (κ1) is 24.4. The lowest BCUT2D eigenvalue weighted by Crippen LogP contribution is -2.59. The first-order valence-corrected chi connectivity index (χ1v) is 9.60. The molecule has 0 radical (unpaired) electrons. The fourth-order valence-corrected chi connectivity index (χ4v) is 2.92. The molecule has 1 aliphatic rings. The van der Waals surface area contributed by atoms with E-state index < -0.39 is 37.3 Å². The van der Waals surface area contributed by atoms with Crippen molar-refractivity contribution in [3.63, 3.8) is 0 Å². The molecule has 1 aliphatic heterocycles. The maximum atomic E-state index is 9.82. The van der Waals surface area contributed by atoms with Gasteiger partial charge in [0, 0.05) is 5.25 Å². The number of aliphatic hydroxyl groups is 4. The molecule has 156 valence electrons. The van der Waals surface area contributed by atoms with E-state index in [1.807, 2.05) is 0 Å². The minimum atomic E-state index is -1.45. The SMILES string of the molecule is CC(C)(C)C(S)C(S)OCCOCCO[C@H]1O[C@H](CO)[C@H](O)[C@H](O)[C@H]1O. The number of aliphatic hydroxyl groups excluding tert-OH is 4. The molecule has 0 saturated carbocycles. The van der Waals surface area contributed by atoms with Crippen molar-refractivity contribution in [3.8, 4) is 0 Å². The normalized spacial score (nSPS) is 32.4. The van der Waals surface area contributed by atoms with Gasteiger partial charge in [0.25, 0.3) is 0 Å². The molecule has 0 aromatic rings. The van der Waals surface area contributed by atoms with E-state index in [0.717, 1.165) is 0 Å². The smallest absolute Gasteiger partial charge is 0.186 e. The van der Waals surface area contributed by atoms with E-state index in [1.165, 1.54) is 0 Å². The number of hydrogen-bond donors (Lipinski definition) is 6. The predicted octanol–water partition coefficient (Wildman–Crippen LogP) is -0.564. The average molecular weight is 417 g/mol. The van der Waals surface area contributed by atoms with Gasteiger partial charge in [-0.15, -0.1) is 12.6 Å². The van der Waals surface area contributed by atoms with Crippen molar-refractivity contribution >= 4 is 25.3 Å². The Kier molecular flexibility index (Phi) is 10.7. The molecule has 4 N–H and O–H groups in total. The van der Waals surface area contributed by atoms with Crippen LogP contribution < -0.4 is 0 Å². The largest absolute Gasteiger partial charge is 0.394 e. The Labute approximate surface area is 165 Å². The second-order valence-electron chi connectivity index (χ2n) is 7.25. The molecule has 0 amide bonds. The van der Waals surface area contributed by atoms with E-state index in [4.69, 9.17) is 24.1 Å². The van der Waals surface area contributed by atoms with Crippen LogP contribution in [0.3, 0.4) is 0 Å². The van der Waals surface area contributed by atoms with Crippen LogP contribution >= 0.6 is 25.3 Å². The molecule has 1 heterocycles. The van der Waals surface area contributed by atoms with E-state index >= 15 is 0 Å². The van der Waals surface area contributed by atoms with Gasteiger partial charge < -0.3 is 39.4 Å². The molecule has 26 heavy (non-hydrogen) atoms. The minimum Gasteiger partial charge on any atom is -0.394 e. The Hall–Kier alpha value is 0.380. The predicted molar refractivity (Wildman–Crippen MR) is 101 cm³/mol. The highest BCUT2D eigenvalue weighted by Gasteiger charge is 2.43. The molecule has 2 unspecified atom stereocenters. The minimum absolute atomic E-state index is 0.0275. The third-order valence-electron chi connectivity index (χ3n) is 4.03. The van der Waals surface area contributed by atoms with E-state index in [9.17, 15) is 15.3 Å². The molecule has 8 nitrogen and oxygen atoms in total. The molecule has 0 bridgehead atoms. The van der Waals surface area contributed by atoms with Crippen molar-refractivity contribution < 1.29 is 39.4 Å². The van der Waals surface area contributed by atoms with Crippen molar-refractivity contribution in [2.24, 2.45) is 5.41 Å². The Bertz CT molecular complexity index is 393. The standard InChI is InChI=1S/C16H32O8S2/c1-16(2,3)13(25)15(26)23-7-5-21-4-6-22-14-12(20)11(19)10(18)9(8-17)24-14/h9-15,17-20,25-26H,4-8H2,1-3H3/t9-,10+,11+,12-,13?,14+,15?/m1/s1. The van der Waals surface area contributed by atoms with Crippen molar-refractivity contribution in [1.82, 2.24) is 0 Å². The van der Waals surface area contributed by atoms with Gasteiger partial charge in [-0.3, -0.25) is 0 Å². The van der Waals surface area contributed by atoms with Crippen LogP contribution in [0.1, 0.15) is 20.8 Å². The molecule has 0 aliphatic carbocycles. The first-order valence-electron chi connectivity index (χ1n) is 8.57. The molecule has 1 fully saturated rings. The molecule has 10 heteroatoms. The Morgan fingerprint density at radius 1 is 0.962 bits per heavy atom. The van der Waals surface area contributed by atoms with E-state index in [-0.39, 0.29) is 29.3 Å². The van der Waals surface area contributed by atoms with E-state index in [2.05, 4.69) is 46.0 Å². The summed E-state index contributed by atoms with van der Waals surface area (Å²) in [7, 11) is 0. The van der Waals surface area contributed by atoms with Gasteiger partial charge in [-0.2, -0.15) is 12.6 Å². The number of thiol groups is 2. The fraction of sp³-hybridized carbons (Fsp3) is 1.00. The topological polar surface area (TPSA) is 118 Å². The van der Waals surface area contributed by atoms with Gasteiger partial charge in [-0.1, -0.05) is 20.8 Å². The second-order valence-corrected chi connectivity index (χ2v) is 8.32. The zero-order valence-electron chi connectivity index (χ0n) is 15.4. The lowest BCUT2D eigenvalue weighted by molar-refractivity contribution is -0.302. The molecule has 0 spiro atoms. The Balaban J connectivity index is 2.17. The van der Waals surface area contributed by atoms with Gasteiger partial charge in [0.1, 0.15) is 29.9 Å². The molecule has 1 saturated heterocycles. The van der Waals surface area contributed by atoms with Crippen molar-refractivity contribution in [2.75, 3.05) is 33.0 Å². The molecular weight excluding hydrogens is 384 g/mol. The van der Waals surface area contributed by atoms with Gasteiger partial charge in [0.05, 0.1) is 33.0 Å². The summed E-state index contributed by atoms with van der Waals surface area (Å²) in [5.74, 6) is 0. The highest BCUT2D eigenvalue weighted by Crippen LogP contribution is 2.29. The summed E-state index contributed by atoms with van der Waals surface area (Å²) >= 11 is 8.89. The van der Waals surface area contributed by atoms with Gasteiger partial charge in [0.2, 0.25) is 0 Å². The average Bonchev–Trinajstić information content (AvgIpc) is 2.58. The van der Waals surface area contributed by atoms with E-state index in [1.54, 1.807) is 0 Å². The van der Waals surface area contributed by atoms with Crippen LogP contribution in [0.25, 0.3) is 0 Å². The molecule has 1 rings (SSSR count). The fourth-order valence-electron chi connectivity index (χ4n) is 2.28. The van der Waals surface area contributed by atoms with Gasteiger partial charge in [-0.05, 0) is 5.41 Å². The number of hydrogen-bond acceptors (Lipinski definition) is 10. The number of ether oxygens (including phenoxy) is 4. The van der Waals surface area contributed by atoms with Gasteiger partial charge >= 0.3 is 0 Å². The van der Waals surface area contributed by atoms with Crippen LogP contribution in [-0.4, -0.2) is 94.9 Å². The van der Waals surface area contributed by atoms with Crippen molar-refractivity contribution in [2.45, 2.75) is 62.2 Å². The third kappa shape index (κ3) is 7.42. The summed E-state index contributed by atoms with van der Waals surface area (Å²) in [6, 6.07) is 0. The molecule has 0 aromatic heterocycles. The van der Waals surface area contributed by atoms with Crippen LogP contribution in [-0.2, 0) is 18.9 Å². The molecule has 0 aromatic carbocycles. The second kappa shape index (κ2) is 11.4. The van der Waals surface area contributed by atoms with Crippen LogP contribution in [0.4, 0.5) is 0 Å². The summed E-state index contributed by atoms with van der Waals surface area (Å²) in [4.78, 5) is 0. The maximum Gasteiger partial charge on any atom is 0.186 e. The quantitative estimate of drug-likeness (QED) is 0.159. The van der Waals surface area contributed by atoms with Crippen LogP contribution in [0.5, 0.6) is 0 Å². The summed E-state index contributed by atoms with van der Waals surface area (Å²) in [5, 5.41) is 38.2. The molecule has 7 atom stereocenters. The van der Waals surface area contributed by atoms with E-state index in [0.29, 0.717) is 13.2 Å². The van der Waals surface area contributed by atoms with Crippen LogP contribution in [0.2, 0.25) is 0 Å². The van der Waals surface area contributed by atoms with Crippen LogP contribution in [0.15, 0.2) is 0 Å². The summed E-state index contributed by atoms with van der Waals surface area (Å²) < 4.78 is 21.5. The van der Waals surface area contributed by atoms with Crippen molar-refractivity contribution in [3.05, 3.63) is 0 Å². The van der Waals surface area contributed by atoms with Crippen molar-refractivity contribution in [1.29, 1.82) is 0 Å². The Morgan fingerprint density at radius 3 is 2.15 bits per heavy atom. The van der Waals surface area contributed by atoms with Gasteiger partial charge in [0.15, 0.2) is 6.29 Å².